The average molecular weight is 459 g/mol. The minimum Gasteiger partial charge on any atom is -0.511 e. The molecular formula is C27H42N2O4. The summed E-state index contributed by atoms with van der Waals surface area (Å²) >= 11 is 0. The maximum atomic E-state index is 12.8. The predicted molar refractivity (Wildman–Crippen MR) is 134 cm³/mol. The number of ketones is 2. The van der Waals surface area contributed by atoms with Crippen LogP contribution in [-0.2, 0) is 9.59 Å². The van der Waals surface area contributed by atoms with E-state index in [2.05, 4.69) is 13.8 Å². The van der Waals surface area contributed by atoms with Crippen molar-refractivity contribution in [3.8, 4) is 0 Å². The van der Waals surface area contributed by atoms with E-state index < -0.39 is 0 Å². The van der Waals surface area contributed by atoms with Crippen molar-refractivity contribution >= 4 is 23.0 Å². The highest BCUT2D eigenvalue weighted by Gasteiger charge is 2.37. The number of rotatable bonds is 8. The Balaban J connectivity index is 2.37. The molecule has 6 heteroatoms. The van der Waals surface area contributed by atoms with Gasteiger partial charge in [-0.25, -0.2) is 0 Å². The fourth-order valence-electron chi connectivity index (χ4n) is 4.76. The Labute approximate surface area is 199 Å². The lowest BCUT2D eigenvalue weighted by atomic mass is 9.73. The Morgan fingerprint density at radius 1 is 0.970 bits per heavy atom. The zero-order valence-electron chi connectivity index (χ0n) is 21.5. The van der Waals surface area contributed by atoms with Gasteiger partial charge in [0, 0.05) is 37.1 Å². The zero-order chi connectivity index (χ0) is 25.0. The normalized spacial score (nSPS) is 25.5. The number of aliphatic hydroxyl groups is 2. The van der Waals surface area contributed by atoms with Gasteiger partial charge in [0.05, 0.1) is 23.7 Å². The van der Waals surface area contributed by atoms with Crippen molar-refractivity contribution < 1.29 is 19.8 Å². The Hall–Kier alpha value is -2.24. The monoisotopic (exact) mass is 458 g/mol. The number of hydrogen-bond donors (Lipinski definition) is 2. The van der Waals surface area contributed by atoms with Gasteiger partial charge in [0.25, 0.3) is 0 Å². The average Bonchev–Trinajstić information content (AvgIpc) is 2.64. The molecule has 0 heterocycles. The van der Waals surface area contributed by atoms with Crippen LogP contribution in [0.2, 0.25) is 0 Å². The summed E-state index contributed by atoms with van der Waals surface area (Å²) in [6.07, 6.45) is 4.43. The SMILES string of the molecule is CCCC(=O)C1=C(O)CC(C)(C)CC1=NCC(C)N=C1CC(C)(C)CC(=O)/C1=C(/O)CCC. The molecule has 0 aromatic carbocycles. The fourth-order valence-corrected chi connectivity index (χ4v) is 4.76. The maximum Gasteiger partial charge on any atom is 0.168 e. The van der Waals surface area contributed by atoms with Gasteiger partial charge >= 0.3 is 0 Å². The van der Waals surface area contributed by atoms with Crippen molar-refractivity contribution in [1.29, 1.82) is 0 Å². The number of hydrogen-bond acceptors (Lipinski definition) is 6. The van der Waals surface area contributed by atoms with Gasteiger partial charge in [-0.2, -0.15) is 0 Å². The summed E-state index contributed by atoms with van der Waals surface area (Å²) in [6, 6.07) is -0.228. The first-order valence-electron chi connectivity index (χ1n) is 12.3. The Kier molecular flexibility index (Phi) is 8.83. The summed E-state index contributed by atoms with van der Waals surface area (Å²) in [5, 5.41) is 21.2. The summed E-state index contributed by atoms with van der Waals surface area (Å²) < 4.78 is 0. The standard InChI is InChI=1S/C27H42N2O4/c1-8-10-20(30)24-18(12-26(4,5)14-22(24)32)28-16-17(3)29-19-13-27(6,7)15-23(33)25(19)21(31)11-9-2/h17,31-32H,8-16H2,1-7H3/b25-21+,28-18?,29-19?. The quantitative estimate of drug-likeness (QED) is 0.331. The van der Waals surface area contributed by atoms with Crippen LogP contribution >= 0.6 is 0 Å². The van der Waals surface area contributed by atoms with E-state index in [1.165, 1.54) is 0 Å². The van der Waals surface area contributed by atoms with E-state index in [0.29, 0.717) is 67.6 Å². The number of carbonyl (C=O) groups excluding carboxylic acids is 2. The molecule has 2 aliphatic carbocycles. The van der Waals surface area contributed by atoms with Crippen molar-refractivity contribution in [1.82, 2.24) is 0 Å². The van der Waals surface area contributed by atoms with Gasteiger partial charge in [0.1, 0.15) is 11.5 Å². The molecule has 0 aromatic rings. The molecule has 1 unspecified atom stereocenters. The molecule has 0 aliphatic heterocycles. The minimum atomic E-state index is -0.228. The second kappa shape index (κ2) is 10.8. The van der Waals surface area contributed by atoms with Gasteiger partial charge in [0.2, 0.25) is 0 Å². The molecule has 1 atom stereocenters. The molecule has 2 aliphatic rings. The lowest BCUT2D eigenvalue weighted by Crippen LogP contribution is -2.33. The van der Waals surface area contributed by atoms with Gasteiger partial charge in [-0.3, -0.25) is 19.6 Å². The second-order valence-electron chi connectivity index (χ2n) is 11.2. The molecule has 0 aromatic heterocycles. The zero-order valence-corrected chi connectivity index (χ0v) is 21.5. The predicted octanol–water partition coefficient (Wildman–Crippen LogP) is 6.26. The van der Waals surface area contributed by atoms with Crippen molar-refractivity contribution in [3.05, 3.63) is 22.7 Å². The summed E-state index contributed by atoms with van der Waals surface area (Å²) in [7, 11) is 0. The van der Waals surface area contributed by atoms with Gasteiger partial charge in [-0.15, -0.1) is 0 Å². The van der Waals surface area contributed by atoms with E-state index in [-0.39, 0.29) is 40.0 Å². The fraction of sp³-hybridized carbons (Fsp3) is 0.704. The van der Waals surface area contributed by atoms with Crippen LogP contribution in [0, 0.1) is 10.8 Å². The van der Waals surface area contributed by atoms with Crippen LogP contribution in [0.25, 0.3) is 0 Å². The molecular weight excluding hydrogens is 416 g/mol. The number of carbonyl (C=O) groups is 2. The molecule has 6 nitrogen and oxygen atoms in total. The van der Waals surface area contributed by atoms with Crippen LogP contribution in [0.15, 0.2) is 32.6 Å². The number of Topliss-reactive ketones (excluding diaryl/α,β-unsaturated/α-hetero) is 2. The van der Waals surface area contributed by atoms with E-state index >= 15 is 0 Å². The van der Waals surface area contributed by atoms with Gasteiger partial charge in [-0.05, 0) is 43.4 Å². The first kappa shape index (κ1) is 27.0. The largest absolute Gasteiger partial charge is 0.511 e. The van der Waals surface area contributed by atoms with Crippen molar-refractivity contribution in [2.75, 3.05) is 6.54 Å². The highest BCUT2D eigenvalue weighted by Crippen LogP contribution is 2.38. The third-order valence-corrected chi connectivity index (χ3v) is 6.18. The van der Waals surface area contributed by atoms with E-state index in [1.54, 1.807) is 0 Å². The van der Waals surface area contributed by atoms with Crippen LogP contribution in [0.3, 0.4) is 0 Å². The van der Waals surface area contributed by atoms with Crippen molar-refractivity contribution in [2.45, 2.75) is 106 Å². The summed E-state index contributed by atoms with van der Waals surface area (Å²) in [5.74, 6) is 0.155. The lowest BCUT2D eigenvalue weighted by molar-refractivity contribution is -0.117. The first-order valence-corrected chi connectivity index (χ1v) is 12.3. The number of aliphatic hydroxyl groups excluding tert-OH is 2. The Bertz CT molecular complexity index is 903. The third-order valence-electron chi connectivity index (χ3n) is 6.18. The third kappa shape index (κ3) is 7.12. The molecule has 1 saturated carbocycles. The van der Waals surface area contributed by atoms with E-state index in [9.17, 15) is 19.8 Å². The number of aliphatic imine (C=N–C) groups is 2. The van der Waals surface area contributed by atoms with Crippen LogP contribution < -0.4 is 0 Å². The second-order valence-corrected chi connectivity index (χ2v) is 11.2. The Morgan fingerprint density at radius 2 is 1.55 bits per heavy atom. The van der Waals surface area contributed by atoms with Gasteiger partial charge in [-0.1, -0.05) is 41.5 Å². The van der Waals surface area contributed by atoms with Crippen LogP contribution in [-0.4, -0.2) is 45.8 Å². The van der Waals surface area contributed by atoms with E-state index in [4.69, 9.17) is 9.98 Å². The summed E-state index contributed by atoms with van der Waals surface area (Å²) in [6.45, 7) is 14.4. The number of nitrogens with zero attached hydrogens (tertiary/aromatic N) is 2. The van der Waals surface area contributed by atoms with Gasteiger partial charge in [0.15, 0.2) is 11.6 Å². The summed E-state index contributed by atoms with van der Waals surface area (Å²) in [4.78, 5) is 35.1. The van der Waals surface area contributed by atoms with E-state index in [0.717, 1.165) is 12.8 Å². The molecule has 0 amide bonds. The topological polar surface area (TPSA) is 99.3 Å². The molecule has 1 fully saturated rings. The number of allylic oxidation sites excluding steroid dienone is 4. The van der Waals surface area contributed by atoms with Crippen LogP contribution in [0.4, 0.5) is 0 Å². The molecule has 2 N–H and O–H groups in total. The van der Waals surface area contributed by atoms with Crippen molar-refractivity contribution in [2.24, 2.45) is 20.8 Å². The molecule has 184 valence electrons. The molecule has 0 bridgehead atoms. The van der Waals surface area contributed by atoms with Crippen LogP contribution in [0.1, 0.15) is 99.8 Å². The van der Waals surface area contributed by atoms with Gasteiger partial charge < -0.3 is 10.2 Å². The molecule has 33 heavy (non-hydrogen) atoms. The highest BCUT2D eigenvalue weighted by atomic mass is 16.3. The minimum absolute atomic E-state index is 0.0520. The van der Waals surface area contributed by atoms with Crippen LogP contribution in [0.5, 0.6) is 0 Å². The molecule has 0 saturated heterocycles. The smallest absolute Gasteiger partial charge is 0.168 e. The molecule has 0 spiro atoms. The molecule has 2 rings (SSSR count). The maximum absolute atomic E-state index is 12.8. The van der Waals surface area contributed by atoms with Crippen molar-refractivity contribution in [3.63, 3.8) is 0 Å². The highest BCUT2D eigenvalue weighted by molar-refractivity contribution is 6.25. The first-order chi connectivity index (χ1) is 15.3. The molecule has 0 radical (unpaired) electrons. The Morgan fingerprint density at radius 3 is 2.15 bits per heavy atom. The summed E-state index contributed by atoms with van der Waals surface area (Å²) in [5.41, 5.74) is 1.69. The lowest BCUT2D eigenvalue weighted by Gasteiger charge is -2.32. The van der Waals surface area contributed by atoms with E-state index in [1.807, 2.05) is 34.6 Å².